The second kappa shape index (κ2) is 5.81. The fourth-order valence-electron chi connectivity index (χ4n) is 2.11. The predicted molar refractivity (Wildman–Crippen MR) is 80.2 cm³/mol. The number of pyridine rings is 1. The number of sulfonamides is 1. The van der Waals surface area contributed by atoms with Gasteiger partial charge >= 0.3 is 0 Å². The molecule has 6 heteroatoms. The molecule has 0 aliphatic heterocycles. The topological polar surface area (TPSA) is 50.3 Å². The fourth-order valence-corrected chi connectivity index (χ4v) is 3.81. The molecule has 21 heavy (non-hydrogen) atoms. The third kappa shape index (κ3) is 3.21. The molecule has 1 heterocycles. The van der Waals surface area contributed by atoms with Crippen LogP contribution >= 0.6 is 0 Å². The zero-order valence-corrected chi connectivity index (χ0v) is 12.9. The average Bonchev–Trinajstić information content (AvgIpc) is 2.38. The van der Waals surface area contributed by atoms with E-state index >= 15 is 0 Å². The lowest BCUT2D eigenvalue weighted by Crippen LogP contribution is -2.37. The van der Waals surface area contributed by atoms with Gasteiger partial charge in [-0.15, -0.1) is 0 Å². The summed E-state index contributed by atoms with van der Waals surface area (Å²) in [6.07, 6.45) is 2.89. The van der Waals surface area contributed by atoms with Crippen molar-refractivity contribution in [3.63, 3.8) is 0 Å². The van der Waals surface area contributed by atoms with Crippen molar-refractivity contribution in [2.24, 2.45) is 0 Å². The zero-order chi connectivity index (χ0) is 15.6. The normalized spacial score (nSPS) is 11.7. The number of rotatable bonds is 4. The SMILES string of the molecule is Cc1cncc(S(=O)(=O)N(c2cccc(F)c2)C(C)C)c1. The Morgan fingerprint density at radius 1 is 1.19 bits per heavy atom. The van der Waals surface area contributed by atoms with Crippen LogP contribution in [0, 0.1) is 12.7 Å². The molecule has 1 aromatic carbocycles. The summed E-state index contributed by atoms with van der Waals surface area (Å²) < 4.78 is 40.2. The summed E-state index contributed by atoms with van der Waals surface area (Å²) >= 11 is 0. The van der Waals surface area contributed by atoms with Crippen molar-refractivity contribution in [1.82, 2.24) is 4.98 Å². The summed E-state index contributed by atoms with van der Waals surface area (Å²) in [5.41, 5.74) is 1.05. The second-order valence-corrected chi connectivity index (χ2v) is 6.89. The fraction of sp³-hybridized carbons (Fsp3) is 0.267. The maximum atomic E-state index is 13.4. The molecule has 0 aliphatic carbocycles. The highest BCUT2D eigenvalue weighted by molar-refractivity contribution is 7.92. The van der Waals surface area contributed by atoms with Crippen LogP contribution in [0.3, 0.4) is 0 Å². The van der Waals surface area contributed by atoms with Crippen molar-refractivity contribution >= 4 is 15.7 Å². The molecule has 2 aromatic rings. The van der Waals surface area contributed by atoms with Gasteiger partial charge in [0.05, 0.1) is 5.69 Å². The quantitative estimate of drug-likeness (QED) is 0.872. The maximum absolute atomic E-state index is 13.4. The minimum atomic E-state index is -3.79. The van der Waals surface area contributed by atoms with Crippen molar-refractivity contribution in [3.8, 4) is 0 Å². The van der Waals surface area contributed by atoms with Gasteiger partial charge < -0.3 is 0 Å². The standard InChI is InChI=1S/C15H17FN2O2S/c1-11(2)18(14-6-4-5-13(16)8-14)21(19,20)15-7-12(3)9-17-10-15/h4-11H,1-3H3. The Hall–Kier alpha value is -1.95. The van der Waals surface area contributed by atoms with E-state index in [9.17, 15) is 12.8 Å². The highest BCUT2D eigenvalue weighted by atomic mass is 32.2. The minimum absolute atomic E-state index is 0.0976. The van der Waals surface area contributed by atoms with E-state index in [4.69, 9.17) is 0 Å². The molecule has 2 rings (SSSR count). The van der Waals surface area contributed by atoms with Crippen molar-refractivity contribution < 1.29 is 12.8 Å². The summed E-state index contributed by atoms with van der Waals surface area (Å²) in [6.45, 7) is 5.26. The van der Waals surface area contributed by atoms with E-state index in [1.165, 1.54) is 28.7 Å². The molecular weight excluding hydrogens is 291 g/mol. The van der Waals surface area contributed by atoms with Gasteiger partial charge in [0.25, 0.3) is 10.0 Å². The molecule has 112 valence electrons. The summed E-state index contributed by atoms with van der Waals surface area (Å²) in [7, 11) is -3.79. The first-order valence-electron chi connectivity index (χ1n) is 6.54. The van der Waals surface area contributed by atoms with Gasteiger partial charge in [-0.05, 0) is 50.6 Å². The highest BCUT2D eigenvalue weighted by Gasteiger charge is 2.28. The summed E-state index contributed by atoms with van der Waals surface area (Å²) in [5, 5.41) is 0. The molecule has 0 radical (unpaired) electrons. The van der Waals surface area contributed by atoms with Gasteiger partial charge in [0.1, 0.15) is 10.7 Å². The van der Waals surface area contributed by atoms with E-state index < -0.39 is 15.8 Å². The number of benzene rings is 1. The molecule has 0 aliphatic rings. The first-order chi connectivity index (χ1) is 9.82. The van der Waals surface area contributed by atoms with Crippen LogP contribution in [-0.2, 0) is 10.0 Å². The Kier molecular flexibility index (Phi) is 4.27. The molecule has 4 nitrogen and oxygen atoms in total. The monoisotopic (exact) mass is 308 g/mol. The number of aromatic nitrogens is 1. The minimum Gasteiger partial charge on any atom is -0.264 e. The summed E-state index contributed by atoms with van der Waals surface area (Å²) in [4.78, 5) is 4.02. The van der Waals surface area contributed by atoms with Crippen LogP contribution in [0.4, 0.5) is 10.1 Å². The third-order valence-corrected chi connectivity index (χ3v) is 4.91. The van der Waals surface area contributed by atoms with Crippen LogP contribution in [0.2, 0.25) is 0 Å². The van der Waals surface area contributed by atoms with Crippen LogP contribution in [0.5, 0.6) is 0 Å². The number of anilines is 1. The third-order valence-electron chi connectivity index (χ3n) is 2.94. The molecule has 0 bridgehead atoms. The van der Waals surface area contributed by atoms with E-state index in [2.05, 4.69) is 4.98 Å². The smallest absolute Gasteiger partial charge is 0.264 e. The molecule has 0 N–H and O–H groups in total. The number of nitrogens with zero attached hydrogens (tertiary/aromatic N) is 2. The van der Waals surface area contributed by atoms with Crippen molar-refractivity contribution in [2.45, 2.75) is 31.7 Å². The van der Waals surface area contributed by atoms with Gasteiger partial charge in [0.2, 0.25) is 0 Å². The Morgan fingerprint density at radius 3 is 2.48 bits per heavy atom. The highest BCUT2D eigenvalue weighted by Crippen LogP contribution is 2.26. The zero-order valence-electron chi connectivity index (χ0n) is 12.1. The molecule has 0 unspecified atom stereocenters. The number of hydrogen-bond donors (Lipinski definition) is 0. The second-order valence-electron chi connectivity index (χ2n) is 5.07. The Labute approximate surface area is 124 Å². The largest absolute Gasteiger partial charge is 0.266 e. The molecular formula is C15H17FN2O2S. The molecule has 0 atom stereocenters. The van der Waals surface area contributed by atoms with Crippen LogP contribution in [0.15, 0.2) is 47.6 Å². The summed E-state index contributed by atoms with van der Waals surface area (Å²) in [5.74, 6) is -0.476. The molecule has 0 amide bonds. The number of halogens is 1. The Morgan fingerprint density at radius 2 is 1.90 bits per heavy atom. The van der Waals surface area contributed by atoms with Crippen LogP contribution in [0.25, 0.3) is 0 Å². The molecule has 1 aromatic heterocycles. The number of aryl methyl sites for hydroxylation is 1. The van der Waals surface area contributed by atoms with Gasteiger partial charge in [0.15, 0.2) is 0 Å². The molecule has 0 saturated carbocycles. The van der Waals surface area contributed by atoms with E-state index in [-0.39, 0.29) is 10.9 Å². The lowest BCUT2D eigenvalue weighted by Gasteiger charge is -2.28. The van der Waals surface area contributed by atoms with Gasteiger partial charge in [-0.2, -0.15) is 0 Å². The van der Waals surface area contributed by atoms with E-state index in [0.717, 1.165) is 5.56 Å². The maximum Gasteiger partial charge on any atom is 0.266 e. The van der Waals surface area contributed by atoms with E-state index in [1.807, 2.05) is 0 Å². The molecule has 0 saturated heterocycles. The van der Waals surface area contributed by atoms with Crippen LogP contribution in [-0.4, -0.2) is 19.4 Å². The van der Waals surface area contributed by atoms with Crippen molar-refractivity contribution in [2.75, 3.05) is 4.31 Å². The van der Waals surface area contributed by atoms with E-state index in [0.29, 0.717) is 5.69 Å². The average molecular weight is 308 g/mol. The Balaban J connectivity index is 2.57. The van der Waals surface area contributed by atoms with Gasteiger partial charge in [-0.3, -0.25) is 9.29 Å². The first-order valence-corrected chi connectivity index (χ1v) is 7.98. The predicted octanol–water partition coefficient (Wildman–Crippen LogP) is 3.13. The molecule has 0 fully saturated rings. The van der Waals surface area contributed by atoms with Gasteiger partial charge in [-0.25, -0.2) is 12.8 Å². The van der Waals surface area contributed by atoms with Crippen molar-refractivity contribution in [3.05, 3.63) is 54.1 Å². The first kappa shape index (κ1) is 15.4. The summed E-state index contributed by atoms with van der Waals surface area (Å²) in [6, 6.07) is 6.76. The van der Waals surface area contributed by atoms with Crippen LogP contribution in [0.1, 0.15) is 19.4 Å². The lowest BCUT2D eigenvalue weighted by atomic mass is 10.3. The van der Waals surface area contributed by atoms with Crippen molar-refractivity contribution in [1.29, 1.82) is 0 Å². The lowest BCUT2D eigenvalue weighted by molar-refractivity contribution is 0.583. The van der Waals surface area contributed by atoms with Crippen LogP contribution < -0.4 is 4.31 Å². The Bertz CT molecular complexity index is 745. The van der Waals surface area contributed by atoms with Gasteiger partial charge in [0, 0.05) is 18.4 Å². The van der Waals surface area contributed by atoms with E-state index in [1.54, 1.807) is 39.1 Å². The number of hydrogen-bond acceptors (Lipinski definition) is 3. The molecule has 0 spiro atoms. The van der Waals surface area contributed by atoms with Gasteiger partial charge in [-0.1, -0.05) is 6.07 Å².